The van der Waals surface area contributed by atoms with E-state index >= 15 is 0 Å². The van der Waals surface area contributed by atoms with Gasteiger partial charge in [0.2, 0.25) is 0 Å². The molecular weight excluding hydrogens is 208 g/mol. The second-order valence-electron chi connectivity index (χ2n) is 6.41. The lowest BCUT2D eigenvalue weighted by atomic mass is 9.86. The van der Waals surface area contributed by atoms with Crippen molar-refractivity contribution in [2.45, 2.75) is 71.4 Å². The van der Waals surface area contributed by atoms with Crippen LogP contribution in [0.5, 0.6) is 0 Å². The van der Waals surface area contributed by atoms with Gasteiger partial charge in [-0.25, -0.2) is 0 Å². The molecule has 1 N–H and O–H groups in total. The van der Waals surface area contributed by atoms with Gasteiger partial charge in [-0.3, -0.25) is 4.90 Å². The summed E-state index contributed by atoms with van der Waals surface area (Å²) in [5, 5.41) is 3.76. The summed E-state index contributed by atoms with van der Waals surface area (Å²) in [7, 11) is 2.25. The van der Waals surface area contributed by atoms with Crippen molar-refractivity contribution >= 4 is 0 Å². The molecule has 102 valence electrons. The summed E-state index contributed by atoms with van der Waals surface area (Å²) in [4.78, 5) is 2.48. The highest BCUT2D eigenvalue weighted by Gasteiger charge is 2.23. The van der Waals surface area contributed by atoms with Gasteiger partial charge in [-0.15, -0.1) is 0 Å². The predicted octanol–water partition coefficient (Wildman–Crippen LogP) is 3.28. The van der Waals surface area contributed by atoms with Crippen LogP contribution in [0.25, 0.3) is 0 Å². The molecule has 1 aliphatic carbocycles. The number of nitrogens with one attached hydrogen (secondary N) is 1. The van der Waals surface area contributed by atoms with E-state index < -0.39 is 0 Å². The van der Waals surface area contributed by atoms with Crippen molar-refractivity contribution in [3.05, 3.63) is 0 Å². The fourth-order valence-electron chi connectivity index (χ4n) is 2.61. The smallest absolute Gasteiger partial charge is 0.0148 e. The third-order valence-corrected chi connectivity index (χ3v) is 4.86. The van der Waals surface area contributed by atoms with Crippen LogP contribution >= 0.6 is 0 Å². The second kappa shape index (κ2) is 6.75. The van der Waals surface area contributed by atoms with Crippen LogP contribution in [0.4, 0.5) is 0 Å². The van der Waals surface area contributed by atoms with Crippen molar-refractivity contribution in [2.75, 3.05) is 20.1 Å². The summed E-state index contributed by atoms with van der Waals surface area (Å²) in [6.45, 7) is 11.6. The zero-order valence-electron chi connectivity index (χ0n) is 12.6. The van der Waals surface area contributed by atoms with Gasteiger partial charge in [0.15, 0.2) is 0 Å². The molecule has 17 heavy (non-hydrogen) atoms. The normalized spacial score (nSPS) is 26.5. The summed E-state index contributed by atoms with van der Waals surface area (Å²) >= 11 is 0. The maximum absolute atomic E-state index is 3.76. The molecule has 2 nitrogen and oxygen atoms in total. The highest BCUT2D eigenvalue weighted by atomic mass is 15.2. The van der Waals surface area contributed by atoms with Crippen LogP contribution in [0.2, 0.25) is 0 Å². The molecule has 0 aliphatic heterocycles. The molecule has 0 saturated heterocycles. The number of nitrogens with zero attached hydrogens (tertiary/aromatic N) is 1. The standard InChI is InChI=1S/C15H32N2/c1-6-15(3,4)17(5)12-11-16-14-10-8-7-9-13(14)2/h13-14,16H,6-12H2,1-5H3. The van der Waals surface area contributed by atoms with Crippen LogP contribution in [-0.4, -0.2) is 36.6 Å². The van der Waals surface area contributed by atoms with Crippen LogP contribution in [0, 0.1) is 5.92 Å². The molecule has 2 atom stereocenters. The topological polar surface area (TPSA) is 15.3 Å². The molecule has 0 bridgehead atoms. The second-order valence-corrected chi connectivity index (χ2v) is 6.41. The third-order valence-electron chi connectivity index (χ3n) is 4.86. The van der Waals surface area contributed by atoms with E-state index in [1.165, 1.54) is 32.1 Å². The molecule has 0 aromatic carbocycles. The first-order valence-corrected chi connectivity index (χ1v) is 7.42. The molecule has 1 aliphatic rings. The van der Waals surface area contributed by atoms with Crippen LogP contribution < -0.4 is 5.32 Å². The van der Waals surface area contributed by atoms with E-state index in [1.807, 2.05) is 0 Å². The Hall–Kier alpha value is -0.0800. The average molecular weight is 240 g/mol. The highest BCUT2D eigenvalue weighted by Crippen LogP contribution is 2.23. The molecule has 2 heteroatoms. The van der Waals surface area contributed by atoms with E-state index in [-0.39, 0.29) is 0 Å². The molecule has 0 aromatic heterocycles. The maximum Gasteiger partial charge on any atom is 0.0148 e. The quantitative estimate of drug-likeness (QED) is 0.766. The molecule has 0 spiro atoms. The molecular formula is C15H32N2. The van der Waals surface area contributed by atoms with E-state index in [0.717, 1.165) is 25.0 Å². The van der Waals surface area contributed by atoms with Crippen LogP contribution in [0.3, 0.4) is 0 Å². The number of hydrogen-bond acceptors (Lipinski definition) is 2. The number of likely N-dealkylation sites (N-methyl/N-ethyl adjacent to an activating group) is 1. The zero-order valence-corrected chi connectivity index (χ0v) is 12.6. The van der Waals surface area contributed by atoms with Gasteiger partial charge in [-0.1, -0.05) is 26.7 Å². The fourth-order valence-corrected chi connectivity index (χ4v) is 2.61. The van der Waals surface area contributed by atoms with Gasteiger partial charge in [0.1, 0.15) is 0 Å². The molecule has 1 rings (SSSR count). The van der Waals surface area contributed by atoms with E-state index in [4.69, 9.17) is 0 Å². The lowest BCUT2D eigenvalue weighted by Gasteiger charge is -2.36. The van der Waals surface area contributed by atoms with Gasteiger partial charge >= 0.3 is 0 Å². The van der Waals surface area contributed by atoms with Gasteiger partial charge in [0.05, 0.1) is 0 Å². The SMILES string of the molecule is CCC(C)(C)N(C)CCNC1CCCCC1C. The van der Waals surface area contributed by atoms with Crippen molar-refractivity contribution < 1.29 is 0 Å². The molecule has 2 unspecified atom stereocenters. The average Bonchev–Trinajstić information content (AvgIpc) is 2.31. The first kappa shape index (κ1) is 15.0. The Kier molecular flexibility index (Phi) is 5.94. The minimum absolute atomic E-state index is 0.333. The lowest BCUT2D eigenvalue weighted by Crippen LogP contribution is -2.46. The molecule has 0 radical (unpaired) electrons. The number of hydrogen-bond donors (Lipinski definition) is 1. The van der Waals surface area contributed by atoms with Crippen molar-refractivity contribution in [3.8, 4) is 0 Å². The first-order chi connectivity index (χ1) is 7.97. The third kappa shape index (κ3) is 4.59. The van der Waals surface area contributed by atoms with Crippen molar-refractivity contribution in [1.82, 2.24) is 10.2 Å². The molecule has 1 fully saturated rings. The van der Waals surface area contributed by atoms with E-state index in [2.05, 4.69) is 45.0 Å². The zero-order chi connectivity index (χ0) is 12.9. The maximum atomic E-state index is 3.76. The molecule has 0 heterocycles. The van der Waals surface area contributed by atoms with Gasteiger partial charge in [0, 0.05) is 24.7 Å². The van der Waals surface area contributed by atoms with Crippen molar-refractivity contribution in [3.63, 3.8) is 0 Å². The number of rotatable bonds is 6. The van der Waals surface area contributed by atoms with Crippen LogP contribution in [0.1, 0.15) is 59.8 Å². The monoisotopic (exact) mass is 240 g/mol. The predicted molar refractivity (Wildman–Crippen MR) is 76.4 cm³/mol. The van der Waals surface area contributed by atoms with Crippen molar-refractivity contribution in [2.24, 2.45) is 5.92 Å². The van der Waals surface area contributed by atoms with Crippen LogP contribution in [-0.2, 0) is 0 Å². The Bertz CT molecular complexity index is 211. The molecule has 0 amide bonds. The van der Waals surface area contributed by atoms with Gasteiger partial charge in [-0.05, 0) is 46.1 Å². The highest BCUT2D eigenvalue weighted by molar-refractivity contribution is 4.81. The van der Waals surface area contributed by atoms with Gasteiger partial charge in [0.25, 0.3) is 0 Å². The first-order valence-electron chi connectivity index (χ1n) is 7.42. The van der Waals surface area contributed by atoms with Crippen molar-refractivity contribution in [1.29, 1.82) is 0 Å². The molecule has 0 aromatic rings. The van der Waals surface area contributed by atoms with Crippen LogP contribution in [0.15, 0.2) is 0 Å². The van der Waals surface area contributed by atoms with E-state index in [0.29, 0.717) is 5.54 Å². The van der Waals surface area contributed by atoms with Gasteiger partial charge in [-0.2, -0.15) is 0 Å². The Labute approximate surface area is 108 Å². The molecule has 1 saturated carbocycles. The van der Waals surface area contributed by atoms with E-state index in [9.17, 15) is 0 Å². The van der Waals surface area contributed by atoms with Gasteiger partial charge < -0.3 is 5.32 Å². The summed E-state index contributed by atoms with van der Waals surface area (Å²) < 4.78 is 0. The van der Waals surface area contributed by atoms with E-state index in [1.54, 1.807) is 0 Å². The fraction of sp³-hybridized carbons (Fsp3) is 1.00. The minimum atomic E-state index is 0.333. The summed E-state index contributed by atoms with van der Waals surface area (Å²) in [6.07, 6.45) is 6.85. The minimum Gasteiger partial charge on any atom is -0.312 e. The Morgan fingerprint density at radius 2 is 1.88 bits per heavy atom. The summed E-state index contributed by atoms with van der Waals surface area (Å²) in [5.41, 5.74) is 0.333. The summed E-state index contributed by atoms with van der Waals surface area (Å²) in [6, 6.07) is 0.766. The Morgan fingerprint density at radius 3 is 2.47 bits per heavy atom. The largest absolute Gasteiger partial charge is 0.312 e. The summed E-state index contributed by atoms with van der Waals surface area (Å²) in [5.74, 6) is 0.869. The Morgan fingerprint density at radius 1 is 1.24 bits per heavy atom. The lowest BCUT2D eigenvalue weighted by molar-refractivity contribution is 0.147. The Balaban J connectivity index is 2.23.